The zero-order chi connectivity index (χ0) is 11.4. The van der Waals surface area contributed by atoms with Crippen LogP contribution >= 0.6 is 0 Å². The van der Waals surface area contributed by atoms with Crippen molar-refractivity contribution < 1.29 is 19.8 Å². The van der Waals surface area contributed by atoms with Crippen LogP contribution < -0.4 is 0 Å². The molecule has 0 aliphatic heterocycles. The summed E-state index contributed by atoms with van der Waals surface area (Å²) in [7, 11) is 0. The number of allylic oxidation sites excluding steroid dienone is 2. The molecule has 2 rings (SSSR count). The molecule has 0 amide bonds. The second-order valence-corrected chi connectivity index (χ2v) is 4.97. The highest BCUT2D eigenvalue weighted by Gasteiger charge is 2.66. The van der Waals surface area contributed by atoms with Crippen molar-refractivity contribution in [2.45, 2.75) is 20.3 Å². The summed E-state index contributed by atoms with van der Waals surface area (Å²) in [5.41, 5.74) is -1.70. The Kier molecular flexibility index (Phi) is 1.78. The van der Waals surface area contributed by atoms with E-state index in [0.717, 1.165) is 0 Å². The van der Waals surface area contributed by atoms with E-state index >= 15 is 0 Å². The maximum Gasteiger partial charge on any atom is 0.311 e. The predicted octanol–water partition coefficient (Wildman–Crippen LogP) is 1.37. The molecule has 0 aromatic rings. The van der Waals surface area contributed by atoms with Crippen molar-refractivity contribution in [3.05, 3.63) is 12.2 Å². The number of carbonyl (C=O) groups is 2. The van der Waals surface area contributed by atoms with Gasteiger partial charge in [0.05, 0.1) is 11.3 Å². The van der Waals surface area contributed by atoms with Crippen LogP contribution in [0.4, 0.5) is 0 Å². The molecule has 0 aromatic heterocycles. The molecular weight excluding hydrogens is 196 g/mol. The maximum absolute atomic E-state index is 11.3. The fourth-order valence-corrected chi connectivity index (χ4v) is 3.17. The Morgan fingerprint density at radius 2 is 1.93 bits per heavy atom. The first-order chi connectivity index (χ1) is 6.83. The lowest BCUT2D eigenvalue weighted by atomic mass is 9.62. The van der Waals surface area contributed by atoms with Crippen LogP contribution in [0.25, 0.3) is 0 Å². The summed E-state index contributed by atoms with van der Waals surface area (Å²) in [6, 6.07) is 0. The molecule has 4 heteroatoms. The van der Waals surface area contributed by atoms with Crippen LogP contribution in [0.5, 0.6) is 0 Å². The molecule has 2 bridgehead atoms. The summed E-state index contributed by atoms with van der Waals surface area (Å²) in [5, 5.41) is 18.4. The number of carboxylic acid groups (broad SMARTS) is 2. The molecule has 82 valence electrons. The quantitative estimate of drug-likeness (QED) is 0.675. The third kappa shape index (κ3) is 0.967. The maximum atomic E-state index is 11.3. The van der Waals surface area contributed by atoms with Crippen LogP contribution in [0.2, 0.25) is 0 Å². The van der Waals surface area contributed by atoms with E-state index in [0.29, 0.717) is 6.42 Å². The van der Waals surface area contributed by atoms with Gasteiger partial charge in [-0.1, -0.05) is 19.1 Å². The van der Waals surface area contributed by atoms with Crippen molar-refractivity contribution in [2.75, 3.05) is 0 Å². The molecule has 4 atom stereocenters. The highest BCUT2D eigenvalue weighted by molar-refractivity contribution is 5.86. The van der Waals surface area contributed by atoms with Gasteiger partial charge in [0, 0.05) is 5.41 Å². The number of carboxylic acids is 2. The highest BCUT2D eigenvalue weighted by atomic mass is 16.4. The third-order valence-corrected chi connectivity index (χ3v) is 4.32. The number of hydrogen-bond donors (Lipinski definition) is 2. The molecule has 0 radical (unpaired) electrons. The van der Waals surface area contributed by atoms with Gasteiger partial charge in [-0.2, -0.15) is 0 Å². The molecule has 15 heavy (non-hydrogen) atoms. The first-order valence-corrected chi connectivity index (χ1v) is 4.98. The van der Waals surface area contributed by atoms with Crippen LogP contribution in [0.15, 0.2) is 12.2 Å². The van der Waals surface area contributed by atoms with E-state index in [4.69, 9.17) is 5.11 Å². The predicted molar refractivity (Wildman–Crippen MR) is 52.2 cm³/mol. The molecule has 4 nitrogen and oxygen atoms in total. The van der Waals surface area contributed by atoms with Gasteiger partial charge in [-0.3, -0.25) is 9.59 Å². The average Bonchev–Trinajstić information content (AvgIpc) is 2.56. The minimum Gasteiger partial charge on any atom is -0.481 e. The summed E-state index contributed by atoms with van der Waals surface area (Å²) in [5.74, 6) is -2.94. The van der Waals surface area contributed by atoms with Crippen molar-refractivity contribution in [3.8, 4) is 0 Å². The van der Waals surface area contributed by atoms with E-state index in [9.17, 15) is 14.7 Å². The number of hydrogen-bond acceptors (Lipinski definition) is 2. The van der Waals surface area contributed by atoms with Crippen LogP contribution in [0.3, 0.4) is 0 Å². The summed E-state index contributed by atoms with van der Waals surface area (Å²) in [4.78, 5) is 22.5. The lowest BCUT2D eigenvalue weighted by molar-refractivity contribution is -0.165. The van der Waals surface area contributed by atoms with E-state index in [2.05, 4.69) is 0 Å². The smallest absolute Gasteiger partial charge is 0.311 e. The minimum atomic E-state index is -1.18. The SMILES string of the molecule is CC12C=CC(C1)C(C(=O)O)C2(C)C(=O)O. The molecule has 2 aliphatic carbocycles. The van der Waals surface area contributed by atoms with Crippen molar-refractivity contribution in [1.82, 2.24) is 0 Å². The Balaban J connectivity index is 2.55. The molecule has 2 N–H and O–H groups in total. The molecule has 1 fully saturated rings. The lowest BCUT2D eigenvalue weighted by Crippen LogP contribution is -2.47. The van der Waals surface area contributed by atoms with E-state index in [1.165, 1.54) is 0 Å². The molecule has 2 aliphatic rings. The molecule has 1 saturated carbocycles. The van der Waals surface area contributed by atoms with Gasteiger partial charge >= 0.3 is 11.9 Å². The monoisotopic (exact) mass is 210 g/mol. The zero-order valence-corrected chi connectivity index (χ0v) is 8.73. The van der Waals surface area contributed by atoms with Gasteiger partial charge in [0.15, 0.2) is 0 Å². The Hall–Kier alpha value is -1.32. The number of aliphatic carboxylic acids is 2. The first kappa shape index (κ1) is 10.2. The van der Waals surface area contributed by atoms with E-state index in [1.807, 2.05) is 19.1 Å². The van der Waals surface area contributed by atoms with E-state index in [-0.39, 0.29) is 5.92 Å². The second-order valence-electron chi connectivity index (χ2n) is 4.97. The van der Waals surface area contributed by atoms with E-state index in [1.54, 1.807) is 6.92 Å². The Morgan fingerprint density at radius 1 is 1.33 bits per heavy atom. The molecule has 4 unspecified atom stereocenters. The Morgan fingerprint density at radius 3 is 2.33 bits per heavy atom. The van der Waals surface area contributed by atoms with Crippen LogP contribution in [-0.4, -0.2) is 22.2 Å². The van der Waals surface area contributed by atoms with Gasteiger partial charge in [0.2, 0.25) is 0 Å². The fourth-order valence-electron chi connectivity index (χ4n) is 3.17. The lowest BCUT2D eigenvalue weighted by Gasteiger charge is -2.38. The zero-order valence-electron chi connectivity index (χ0n) is 8.73. The minimum absolute atomic E-state index is 0.131. The molecule has 0 saturated heterocycles. The standard InChI is InChI=1S/C11H14O4/c1-10-4-3-6(5-10)7(8(12)13)11(10,2)9(14)15/h3-4,6-7H,5H2,1-2H3,(H,12,13)(H,14,15). The average molecular weight is 210 g/mol. The van der Waals surface area contributed by atoms with Crippen LogP contribution in [0.1, 0.15) is 20.3 Å². The Bertz CT molecular complexity index is 373. The second kappa shape index (κ2) is 2.62. The summed E-state index contributed by atoms with van der Waals surface area (Å²) < 4.78 is 0. The summed E-state index contributed by atoms with van der Waals surface area (Å²) >= 11 is 0. The topological polar surface area (TPSA) is 74.6 Å². The normalized spacial score (nSPS) is 47.1. The molecular formula is C11H14O4. The van der Waals surface area contributed by atoms with Gasteiger partial charge in [-0.15, -0.1) is 0 Å². The molecule has 0 spiro atoms. The largest absolute Gasteiger partial charge is 0.481 e. The fraction of sp³-hybridized carbons (Fsp3) is 0.636. The van der Waals surface area contributed by atoms with Crippen molar-refractivity contribution in [3.63, 3.8) is 0 Å². The van der Waals surface area contributed by atoms with Crippen molar-refractivity contribution >= 4 is 11.9 Å². The van der Waals surface area contributed by atoms with Crippen molar-refractivity contribution in [2.24, 2.45) is 22.7 Å². The van der Waals surface area contributed by atoms with Crippen LogP contribution in [0, 0.1) is 22.7 Å². The molecule has 0 aromatic carbocycles. The molecule has 0 heterocycles. The van der Waals surface area contributed by atoms with Gasteiger partial charge < -0.3 is 10.2 Å². The van der Waals surface area contributed by atoms with Gasteiger partial charge in [0.25, 0.3) is 0 Å². The van der Waals surface area contributed by atoms with Gasteiger partial charge in [-0.25, -0.2) is 0 Å². The Labute approximate surface area is 87.6 Å². The third-order valence-electron chi connectivity index (χ3n) is 4.32. The van der Waals surface area contributed by atoms with Crippen LogP contribution in [-0.2, 0) is 9.59 Å². The van der Waals surface area contributed by atoms with Gasteiger partial charge in [-0.05, 0) is 19.3 Å². The summed E-state index contributed by atoms with van der Waals surface area (Å²) in [6.45, 7) is 3.39. The van der Waals surface area contributed by atoms with Gasteiger partial charge in [0.1, 0.15) is 0 Å². The number of rotatable bonds is 2. The first-order valence-electron chi connectivity index (χ1n) is 4.98. The van der Waals surface area contributed by atoms with E-state index < -0.39 is 28.7 Å². The number of fused-ring (bicyclic) bond motifs is 2. The summed E-state index contributed by atoms with van der Waals surface area (Å²) in [6.07, 6.45) is 4.35. The van der Waals surface area contributed by atoms with Crippen molar-refractivity contribution in [1.29, 1.82) is 0 Å². The highest BCUT2D eigenvalue weighted by Crippen LogP contribution is 2.63.